The summed E-state index contributed by atoms with van der Waals surface area (Å²) in [5, 5.41) is -0.00215. The SMILES string of the molecule is O=C(c1cc(Cl)c(Br)cc1F)c1c(F)cc(F)cc1F. The van der Waals surface area contributed by atoms with Crippen molar-refractivity contribution < 1.29 is 22.4 Å². The largest absolute Gasteiger partial charge is 0.288 e. The normalized spacial score (nSPS) is 10.7. The van der Waals surface area contributed by atoms with Crippen molar-refractivity contribution in [3.63, 3.8) is 0 Å². The van der Waals surface area contributed by atoms with Gasteiger partial charge >= 0.3 is 0 Å². The molecule has 0 amide bonds. The van der Waals surface area contributed by atoms with E-state index in [2.05, 4.69) is 15.9 Å². The van der Waals surface area contributed by atoms with Gasteiger partial charge in [-0.15, -0.1) is 0 Å². The van der Waals surface area contributed by atoms with Gasteiger partial charge in [0, 0.05) is 16.6 Å². The van der Waals surface area contributed by atoms with Crippen molar-refractivity contribution in [1.82, 2.24) is 0 Å². The molecule has 104 valence electrons. The van der Waals surface area contributed by atoms with Gasteiger partial charge in [-0.3, -0.25) is 4.79 Å². The maximum atomic E-state index is 13.7. The van der Waals surface area contributed by atoms with Crippen molar-refractivity contribution >= 4 is 33.3 Å². The van der Waals surface area contributed by atoms with Crippen LogP contribution in [0.2, 0.25) is 5.02 Å². The molecule has 2 aromatic carbocycles. The lowest BCUT2D eigenvalue weighted by Crippen LogP contribution is -2.10. The standard InChI is InChI=1S/C13H4BrClF4O/c14-7-4-9(17)6(3-8(7)15)13(20)12-10(18)1-5(16)2-11(12)19/h1-4H. The van der Waals surface area contributed by atoms with Gasteiger partial charge in [0.25, 0.3) is 0 Å². The zero-order valence-electron chi connectivity index (χ0n) is 9.49. The topological polar surface area (TPSA) is 17.1 Å². The average Bonchev–Trinajstić information content (AvgIpc) is 2.32. The van der Waals surface area contributed by atoms with Gasteiger partial charge in [-0.1, -0.05) is 11.6 Å². The zero-order valence-corrected chi connectivity index (χ0v) is 11.8. The number of halogens is 6. The summed E-state index contributed by atoms with van der Waals surface area (Å²) >= 11 is 8.65. The third-order valence-corrected chi connectivity index (χ3v) is 3.69. The number of rotatable bonds is 2. The molecule has 0 aliphatic carbocycles. The monoisotopic (exact) mass is 366 g/mol. The minimum absolute atomic E-state index is 0.00215. The second kappa shape index (κ2) is 5.54. The van der Waals surface area contributed by atoms with Gasteiger partial charge in [0.2, 0.25) is 5.78 Å². The lowest BCUT2D eigenvalue weighted by atomic mass is 10.0. The molecule has 0 spiro atoms. The Morgan fingerprint density at radius 2 is 1.50 bits per heavy atom. The molecule has 20 heavy (non-hydrogen) atoms. The molecule has 0 heterocycles. The quantitative estimate of drug-likeness (QED) is 0.420. The van der Waals surface area contributed by atoms with Crippen LogP contribution in [0.15, 0.2) is 28.7 Å². The Balaban J connectivity index is 2.61. The summed E-state index contributed by atoms with van der Waals surface area (Å²) in [5.41, 5.74) is -1.65. The van der Waals surface area contributed by atoms with E-state index in [0.29, 0.717) is 12.1 Å². The summed E-state index contributed by atoms with van der Waals surface area (Å²) in [7, 11) is 0. The fraction of sp³-hybridized carbons (Fsp3) is 0. The van der Waals surface area contributed by atoms with E-state index < -0.39 is 40.2 Å². The average molecular weight is 368 g/mol. The Kier molecular flexibility index (Phi) is 4.15. The number of carbonyl (C=O) groups is 1. The van der Waals surface area contributed by atoms with Gasteiger partial charge in [-0.05, 0) is 28.1 Å². The molecule has 0 N–H and O–H groups in total. The number of carbonyl (C=O) groups excluding carboxylic acids is 1. The first-order valence-corrected chi connectivity index (χ1v) is 6.32. The van der Waals surface area contributed by atoms with E-state index in [1.165, 1.54) is 0 Å². The van der Waals surface area contributed by atoms with Crippen LogP contribution in [-0.4, -0.2) is 5.78 Å². The second-order valence-corrected chi connectivity index (χ2v) is 5.08. The molecule has 0 aromatic heterocycles. The fourth-order valence-corrected chi connectivity index (χ4v) is 2.07. The summed E-state index contributed by atoms with van der Waals surface area (Å²) < 4.78 is 53.6. The molecular formula is C13H4BrClF4O. The van der Waals surface area contributed by atoms with Gasteiger partial charge in [0.05, 0.1) is 16.1 Å². The molecule has 0 saturated carbocycles. The lowest BCUT2D eigenvalue weighted by molar-refractivity contribution is 0.102. The van der Waals surface area contributed by atoms with Crippen LogP contribution in [0.3, 0.4) is 0 Å². The first kappa shape index (κ1) is 15.0. The van der Waals surface area contributed by atoms with Gasteiger partial charge in [-0.25, -0.2) is 17.6 Å². The second-order valence-electron chi connectivity index (χ2n) is 3.82. The van der Waals surface area contributed by atoms with E-state index in [1.807, 2.05) is 0 Å². The van der Waals surface area contributed by atoms with Gasteiger partial charge in [-0.2, -0.15) is 0 Å². The van der Waals surface area contributed by atoms with E-state index in [-0.39, 0.29) is 9.50 Å². The predicted molar refractivity (Wildman–Crippen MR) is 68.9 cm³/mol. The van der Waals surface area contributed by atoms with Crippen molar-refractivity contribution in [3.8, 4) is 0 Å². The minimum atomic E-state index is -1.41. The van der Waals surface area contributed by atoms with Crippen LogP contribution in [0.1, 0.15) is 15.9 Å². The van der Waals surface area contributed by atoms with E-state index in [0.717, 1.165) is 12.1 Å². The first-order valence-electron chi connectivity index (χ1n) is 5.15. The molecule has 0 bridgehead atoms. The van der Waals surface area contributed by atoms with Crippen LogP contribution in [0.5, 0.6) is 0 Å². The molecule has 7 heteroatoms. The third-order valence-electron chi connectivity index (χ3n) is 2.49. The molecule has 1 nitrogen and oxygen atoms in total. The van der Waals surface area contributed by atoms with Crippen molar-refractivity contribution in [2.24, 2.45) is 0 Å². The highest BCUT2D eigenvalue weighted by Crippen LogP contribution is 2.28. The highest BCUT2D eigenvalue weighted by Gasteiger charge is 2.23. The third kappa shape index (κ3) is 2.71. The summed E-state index contributed by atoms with van der Waals surface area (Å²) in [5.74, 6) is -6.26. The molecule has 0 saturated heterocycles. The van der Waals surface area contributed by atoms with E-state index in [1.54, 1.807) is 0 Å². The molecule has 0 atom stereocenters. The fourth-order valence-electron chi connectivity index (χ4n) is 1.59. The summed E-state index contributed by atoms with van der Waals surface area (Å²) in [6, 6.07) is 2.52. The number of ketones is 1. The molecule has 0 aliphatic rings. The Morgan fingerprint density at radius 1 is 0.950 bits per heavy atom. The van der Waals surface area contributed by atoms with Crippen molar-refractivity contribution in [1.29, 1.82) is 0 Å². The maximum Gasteiger partial charge on any atom is 0.201 e. The molecule has 2 aromatic rings. The van der Waals surface area contributed by atoms with Crippen LogP contribution in [0.25, 0.3) is 0 Å². The van der Waals surface area contributed by atoms with Gasteiger partial charge < -0.3 is 0 Å². The molecule has 0 unspecified atom stereocenters. The molecule has 0 fully saturated rings. The Labute approximate surface area is 124 Å². The van der Waals surface area contributed by atoms with Crippen molar-refractivity contribution in [2.45, 2.75) is 0 Å². The number of hydrogen-bond acceptors (Lipinski definition) is 1. The van der Waals surface area contributed by atoms with Gasteiger partial charge in [0.1, 0.15) is 23.3 Å². The van der Waals surface area contributed by atoms with Crippen LogP contribution < -0.4 is 0 Å². The Hall–Kier alpha value is -1.40. The van der Waals surface area contributed by atoms with E-state index in [4.69, 9.17) is 11.6 Å². The number of benzene rings is 2. The molecule has 0 radical (unpaired) electrons. The maximum absolute atomic E-state index is 13.7. The Bertz CT molecular complexity index is 695. The Morgan fingerprint density at radius 3 is 2.05 bits per heavy atom. The molecule has 0 aliphatic heterocycles. The van der Waals surface area contributed by atoms with E-state index >= 15 is 0 Å². The molecule has 2 rings (SSSR count). The lowest BCUT2D eigenvalue weighted by Gasteiger charge is -2.07. The predicted octanol–water partition coefficient (Wildman–Crippen LogP) is 4.89. The van der Waals surface area contributed by atoms with Crippen LogP contribution in [-0.2, 0) is 0 Å². The summed E-state index contributed by atoms with van der Waals surface area (Å²) in [4.78, 5) is 12.0. The van der Waals surface area contributed by atoms with Crippen LogP contribution in [0, 0.1) is 23.3 Å². The first-order chi connectivity index (χ1) is 9.31. The van der Waals surface area contributed by atoms with Crippen LogP contribution >= 0.6 is 27.5 Å². The van der Waals surface area contributed by atoms with E-state index in [9.17, 15) is 22.4 Å². The van der Waals surface area contributed by atoms with Crippen molar-refractivity contribution in [3.05, 3.63) is 68.2 Å². The van der Waals surface area contributed by atoms with Crippen molar-refractivity contribution in [2.75, 3.05) is 0 Å². The zero-order chi connectivity index (χ0) is 15.0. The smallest absolute Gasteiger partial charge is 0.201 e. The number of hydrogen-bond donors (Lipinski definition) is 0. The highest BCUT2D eigenvalue weighted by atomic mass is 79.9. The highest BCUT2D eigenvalue weighted by molar-refractivity contribution is 9.10. The van der Waals surface area contributed by atoms with Crippen LogP contribution in [0.4, 0.5) is 17.6 Å². The summed E-state index contributed by atoms with van der Waals surface area (Å²) in [6.45, 7) is 0. The van der Waals surface area contributed by atoms with Gasteiger partial charge in [0.15, 0.2) is 0 Å². The summed E-state index contributed by atoms with van der Waals surface area (Å²) in [6.07, 6.45) is 0. The minimum Gasteiger partial charge on any atom is -0.288 e. The molecular weight excluding hydrogens is 363 g/mol.